The molecule has 2 rings (SSSR count). The van der Waals surface area contributed by atoms with Crippen LogP contribution in [0.4, 0.5) is 4.39 Å². The maximum atomic E-state index is 12.9. The minimum absolute atomic E-state index is 0.00924. The van der Waals surface area contributed by atoms with Crippen LogP contribution in [-0.2, 0) is 6.54 Å². The third-order valence-corrected chi connectivity index (χ3v) is 3.53. The zero-order valence-electron chi connectivity index (χ0n) is 11.9. The second-order valence-electron chi connectivity index (χ2n) is 4.77. The maximum Gasteiger partial charge on any atom is 0.162 e. The van der Waals surface area contributed by atoms with Crippen molar-refractivity contribution in [3.63, 3.8) is 0 Å². The van der Waals surface area contributed by atoms with Crippen LogP contribution in [-0.4, -0.2) is 12.2 Å². The number of methoxy groups -OCH3 is 1. The SMILES string of the molecule is COc1cc(Cl)cc(CN[C@H](C)c2ccc(F)cc2)c1O. The second-order valence-corrected chi connectivity index (χ2v) is 5.21. The van der Waals surface area contributed by atoms with Gasteiger partial charge in [0.25, 0.3) is 0 Å². The number of phenolic OH excluding ortho intramolecular Hbond substituents is 1. The zero-order valence-corrected chi connectivity index (χ0v) is 12.6. The Balaban J connectivity index is 2.09. The number of rotatable bonds is 5. The van der Waals surface area contributed by atoms with Gasteiger partial charge in [0.15, 0.2) is 11.5 Å². The Morgan fingerprint density at radius 1 is 1.29 bits per heavy atom. The number of hydrogen-bond acceptors (Lipinski definition) is 3. The molecule has 2 N–H and O–H groups in total. The van der Waals surface area contributed by atoms with Gasteiger partial charge in [0.1, 0.15) is 5.82 Å². The number of ether oxygens (including phenoxy) is 1. The molecule has 0 amide bonds. The van der Waals surface area contributed by atoms with Crippen molar-refractivity contribution in [2.75, 3.05) is 7.11 Å². The number of hydrogen-bond donors (Lipinski definition) is 2. The van der Waals surface area contributed by atoms with Crippen molar-refractivity contribution >= 4 is 11.6 Å². The summed E-state index contributed by atoms with van der Waals surface area (Å²) in [6.45, 7) is 2.38. The zero-order chi connectivity index (χ0) is 15.4. The summed E-state index contributed by atoms with van der Waals surface area (Å²) >= 11 is 5.99. The summed E-state index contributed by atoms with van der Waals surface area (Å²) in [5.41, 5.74) is 1.61. The molecule has 0 saturated heterocycles. The van der Waals surface area contributed by atoms with Crippen molar-refractivity contribution < 1.29 is 14.2 Å². The van der Waals surface area contributed by atoms with Crippen LogP contribution in [0, 0.1) is 5.82 Å². The van der Waals surface area contributed by atoms with Gasteiger partial charge in [-0.3, -0.25) is 0 Å². The van der Waals surface area contributed by atoms with E-state index in [1.807, 2.05) is 6.92 Å². The molecule has 0 bridgehead atoms. The van der Waals surface area contributed by atoms with Gasteiger partial charge in [0, 0.05) is 29.2 Å². The number of halogens is 2. The van der Waals surface area contributed by atoms with Crippen LogP contribution in [0.1, 0.15) is 24.1 Å². The third-order valence-electron chi connectivity index (χ3n) is 3.31. The molecule has 0 saturated carbocycles. The van der Waals surface area contributed by atoms with Crippen molar-refractivity contribution in [1.29, 1.82) is 0 Å². The van der Waals surface area contributed by atoms with Crippen molar-refractivity contribution in [3.05, 3.63) is 58.4 Å². The van der Waals surface area contributed by atoms with Gasteiger partial charge in [-0.15, -0.1) is 0 Å². The molecule has 0 spiro atoms. The van der Waals surface area contributed by atoms with Gasteiger partial charge in [-0.1, -0.05) is 23.7 Å². The minimum atomic E-state index is -0.261. The highest BCUT2D eigenvalue weighted by Crippen LogP contribution is 2.33. The summed E-state index contributed by atoms with van der Waals surface area (Å²) < 4.78 is 18.0. The lowest BCUT2D eigenvalue weighted by molar-refractivity contribution is 0.369. The highest BCUT2D eigenvalue weighted by atomic mass is 35.5. The van der Waals surface area contributed by atoms with Gasteiger partial charge in [-0.05, 0) is 30.7 Å². The Labute approximate surface area is 128 Å². The Morgan fingerprint density at radius 2 is 1.95 bits per heavy atom. The number of nitrogens with one attached hydrogen (secondary N) is 1. The highest BCUT2D eigenvalue weighted by molar-refractivity contribution is 6.30. The van der Waals surface area contributed by atoms with Crippen LogP contribution in [0.25, 0.3) is 0 Å². The van der Waals surface area contributed by atoms with Crippen LogP contribution >= 0.6 is 11.6 Å². The Kier molecular flexibility index (Phi) is 5.04. The molecule has 2 aromatic carbocycles. The Bertz CT molecular complexity index is 616. The first-order chi connectivity index (χ1) is 10.0. The lowest BCUT2D eigenvalue weighted by Gasteiger charge is -2.16. The molecular formula is C16H17ClFNO2. The van der Waals surface area contributed by atoms with E-state index in [1.165, 1.54) is 19.2 Å². The number of phenols is 1. The lowest BCUT2D eigenvalue weighted by atomic mass is 10.1. The second kappa shape index (κ2) is 6.78. The summed E-state index contributed by atoms with van der Waals surface area (Å²) in [7, 11) is 1.48. The van der Waals surface area contributed by atoms with E-state index in [9.17, 15) is 9.50 Å². The first-order valence-electron chi connectivity index (χ1n) is 6.55. The smallest absolute Gasteiger partial charge is 0.162 e. The van der Waals surface area contributed by atoms with E-state index in [4.69, 9.17) is 16.3 Å². The minimum Gasteiger partial charge on any atom is -0.504 e. The Morgan fingerprint density at radius 3 is 2.57 bits per heavy atom. The van der Waals surface area contributed by atoms with E-state index in [0.29, 0.717) is 22.9 Å². The molecular weight excluding hydrogens is 293 g/mol. The highest BCUT2D eigenvalue weighted by Gasteiger charge is 2.12. The normalized spacial score (nSPS) is 12.2. The summed E-state index contributed by atoms with van der Waals surface area (Å²) in [4.78, 5) is 0. The summed E-state index contributed by atoms with van der Waals surface area (Å²) in [6.07, 6.45) is 0. The molecule has 0 fully saturated rings. The average molecular weight is 310 g/mol. The van der Waals surface area contributed by atoms with E-state index < -0.39 is 0 Å². The van der Waals surface area contributed by atoms with E-state index in [1.54, 1.807) is 24.3 Å². The van der Waals surface area contributed by atoms with Gasteiger partial charge >= 0.3 is 0 Å². The maximum absolute atomic E-state index is 12.9. The quantitative estimate of drug-likeness (QED) is 0.875. The molecule has 0 unspecified atom stereocenters. The van der Waals surface area contributed by atoms with Crippen molar-refractivity contribution in [2.24, 2.45) is 0 Å². The van der Waals surface area contributed by atoms with Crippen LogP contribution in [0.2, 0.25) is 5.02 Å². The molecule has 1 atom stereocenters. The number of aromatic hydroxyl groups is 1. The fraction of sp³-hybridized carbons (Fsp3) is 0.250. The van der Waals surface area contributed by atoms with Gasteiger partial charge < -0.3 is 15.2 Å². The van der Waals surface area contributed by atoms with Crippen LogP contribution in [0.3, 0.4) is 0 Å². The van der Waals surface area contributed by atoms with E-state index in [-0.39, 0.29) is 17.6 Å². The van der Waals surface area contributed by atoms with Crippen molar-refractivity contribution in [2.45, 2.75) is 19.5 Å². The van der Waals surface area contributed by atoms with E-state index in [2.05, 4.69) is 5.32 Å². The molecule has 0 aliphatic carbocycles. The van der Waals surface area contributed by atoms with Crippen LogP contribution in [0.5, 0.6) is 11.5 Å². The van der Waals surface area contributed by atoms with Gasteiger partial charge in [-0.25, -0.2) is 4.39 Å². The lowest BCUT2D eigenvalue weighted by Crippen LogP contribution is -2.18. The molecule has 0 radical (unpaired) electrons. The predicted octanol–water partition coefficient (Wildman–Crippen LogP) is 4.04. The predicted molar refractivity (Wildman–Crippen MR) is 81.3 cm³/mol. The topological polar surface area (TPSA) is 41.5 Å². The van der Waals surface area contributed by atoms with E-state index in [0.717, 1.165) is 5.56 Å². The molecule has 112 valence electrons. The van der Waals surface area contributed by atoms with Gasteiger partial charge in [-0.2, -0.15) is 0 Å². The number of benzene rings is 2. The first-order valence-corrected chi connectivity index (χ1v) is 6.93. The molecule has 2 aromatic rings. The fourth-order valence-electron chi connectivity index (χ4n) is 2.05. The monoisotopic (exact) mass is 309 g/mol. The summed E-state index contributed by atoms with van der Waals surface area (Å²) in [6, 6.07) is 9.56. The largest absolute Gasteiger partial charge is 0.504 e. The van der Waals surface area contributed by atoms with Gasteiger partial charge in [0.05, 0.1) is 7.11 Å². The fourth-order valence-corrected chi connectivity index (χ4v) is 2.28. The molecule has 0 aliphatic heterocycles. The third kappa shape index (κ3) is 3.86. The molecule has 3 nitrogen and oxygen atoms in total. The Hall–Kier alpha value is -1.78. The van der Waals surface area contributed by atoms with Crippen molar-refractivity contribution in [1.82, 2.24) is 5.32 Å². The summed E-state index contributed by atoms with van der Waals surface area (Å²) in [5.74, 6) is 0.151. The van der Waals surface area contributed by atoms with Gasteiger partial charge in [0.2, 0.25) is 0 Å². The van der Waals surface area contributed by atoms with E-state index >= 15 is 0 Å². The molecule has 0 aliphatic rings. The van der Waals surface area contributed by atoms with Crippen LogP contribution < -0.4 is 10.1 Å². The molecule has 5 heteroatoms. The van der Waals surface area contributed by atoms with Crippen molar-refractivity contribution in [3.8, 4) is 11.5 Å². The standard InChI is InChI=1S/C16H17ClFNO2/c1-10(11-3-5-14(18)6-4-11)19-9-12-7-13(17)8-15(21-2)16(12)20/h3-8,10,19-20H,9H2,1-2H3/t10-/m1/s1. The molecule has 21 heavy (non-hydrogen) atoms. The molecule has 0 heterocycles. The first kappa shape index (κ1) is 15.6. The average Bonchev–Trinajstić information content (AvgIpc) is 2.48. The molecule has 0 aromatic heterocycles. The summed E-state index contributed by atoms with van der Waals surface area (Å²) in [5, 5.41) is 13.8. The van der Waals surface area contributed by atoms with Crippen LogP contribution in [0.15, 0.2) is 36.4 Å².